The maximum atomic E-state index is 12.8. The van der Waals surface area contributed by atoms with Crippen molar-refractivity contribution >= 4 is 39.6 Å². The number of carbonyl (C=O) groups is 2. The molecule has 2 amide bonds. The van der Waals surface area contributed by atoms with Crippen molar-refractivity contribution in [1.29, 1.82) is 0 Å². The van der Waals surface area contributed by atoms with Crippen LogP contribution >= 0.6 is 0 Å². The van der Waals surface area contributed by atoms with E-state index in [-0.39, 0.29) is 23.8 Å². The Morgan fingerprint density at radius 2 is 1.77 bits per heavy atom. The van der Waals surface area contributed by atoms with Crippen molar-refractivity contribution in [3.05, 3.63) is 66.0 Å². The van der Waals surface area contributed by atoms with Gasteiger partial charge in [-0.2, -0.15) is 0 Å². The number of aromatic nitrogens is 3. The SMILES string of the molecule is O=C(Nc1nc2c(C(=O)NC3CCNCC3)cccc2[nH]1)c1cc2ccccc2cn1. The molecule has 0 atom stereocenters. The number of para-hydroxylation sites is 1. The van der Waals surface area contributed by atoms with Gasteiger partial charge in [0.15, 0.2) is 0 Å². The minimum atomic E-state index is -0.370. The van der Waals surface area contributed by atoms with Crippen LogP contribution in [0.15, 0.2) is 54.7 Å². The molecule has 0 unspecified atom stereocenters. The summed E-state index contributed by atoms with van der Waals surface area (Å²) >= 11 is 0. The number of anilines is 1. The molecule has 0 saturated carbocycles. The summed E-state index contributed by atoms with van der Waals surface area (Å²) in [7, 11) is 0. The van der Waals surface area contributed by atoms with Gasteiger partial charge in [0, 0.05) is 17.6 Å². The van der Waals surface area contributed by atoms with Gasteiger partial charge in [-0.05, 0) is 49.5 Å². The lowest BCUT2D eigenvalue weighted by Gasteiger charge is -2.23. The van der Waals surface area contributed by atoms with Crippen LogP contribution in [0.5, 0.6) is 0 Å². The number of benzene rings is 2. The Balaban J connectivity index is 1.37. The minimum absolute atomic E-state index is 0.154. The number of imidazole rings is 1. The molecule has 1 saturated heterocycles. The highest BCUT2D eigenvalue weighted by Gasteiger charge is 2.20. The van der Waals surface area contributed by atoms with E-state index in [4.69, 9.17) is 0 Å². The van der Waals surface area contributed by atoms with Gasteiger partial charge in [-0.3, -0.25) is 19.9 Å². The fraction of sp³-hybridized carbons (Fsp3) is 0.217. The summed E-state index contributed by atoms with van der Waals surface area (Å²) in [5.74, 6) is -0.249. The van der Waals surface area contributed by atoms with E-state index in [0.29, 0.717) is 22.3 Å². The van der Waals surface area contributed by atoms with Crippen LogP contribution in [0, 0.1) is 0 Å². The van der Waals surface area contributed by atoms with Crippen molar-refractivity contribution < 1.29 is 9.59 Å². The Hall–Kier alpha value is -3.78. The summed E-state index contributed by atoms with van der Waals surface area (Å²) in [4.78, 5) is 37.3. The van der Waals surface area contributed by atoms with Crippen molar-refractivity contribution in [2.75, 3.05) is 18.4 Å². The highest BCUT2D eigenvalue weighted by molar-refractivity contribution is 6.07. The number of rotatable bonds is 4. The van der Waals surface area contributed by atoms with Gasteiger partial charge in [0.05, 0.1) is 11.1 Å². The molecule has 4 N–H and O–H groups in total. The van der Waals surface area contributed by atoms with Crippen molar-refractivity contribution in [3.63, 3.8) is 0 Å². The standard InChI is InChI=1S/C23H22N6O2/c30-21(26-16-8-10-24-11-9-16)17-6-3-7-18-20(17)28-23(27-18)29-22(31)19-12-14-4-1-2-5-15(14)13-25-19/h1-7,12-13,16,24H,8-11H2,(H,26,30)(H2,27,28,29,31). The number of piperidine rings is 1. The third kappa shape index (κ3) is 3.97. The van der Waals surface area contributed by atoms with Crippen LogP contribution < -0.4 is 16.0 Å². The zero-order valence-electron chi connectivity index (χ0n) is 16.8. The normalized spacial score (nSPS) is 14.6. The number of amides is 2. The molecular formula is C23H22N6O2. The molecule has 0 bridgehead atoms. The predicted octanol–water partition coefficient (Wildman–Crippen LogP) is 2.85. The van der Waals surface area contributed by atoms with Crippen molar-refractivity contribution in [2.45, 2.75) is 18.9 Å². The molecule has 1 fully saturated rings. The number of pyridine rings is 1. The Labute approximate surface area is 178 Å². The smallest absolute Gasteiger partial charge is 0.276 e. The average Bonchev–Trinajstić information content (AvgIpc) is 3.21. The molecule has 2 aromatic heterocycles. The molecule has 2 aromatic carbocycles. The maximum Gasteiger partial charge on any atom is 0.276 e. The van der Waals surface area contributed by atoms with E-state index in [9.17, 15) is 9.59 Å². The largest absolute Gasteiger partial charge is 0.349 e. The lowest BCUT2D eigenvalue weighted by molar-refractivity contribution is 0.0930. The maximum absolute atomic E-state index is 12.8. The molecule has 156 valence electrons. The van der Waals surface area contributed by atoms with Gasteiger partial charge < -0.3 is 15.6 Å². The molecule has 0 aliphatic carbocycles. The van der Waals surface area contributed by atoms with Crippen LogP contribution in [-0.2, 0) is 0 Å². The minimum Gasteiger partial charge on any atom is -0.349 e. The summed E-state index contributed by atoms with van der Waals surface area (Å²) in [5.41, 5.74) is 1.98. The van der Waals surface area contributed by atoms with Crippen molar-refractivity contribution in [2.24, 2.45) is 0 Å². The molecular weight excluding hydrogens is 392 g/mol. The topological polar surface area (TPSA) is 112 Å². The highest BCUT2D eigenvalue weighted by atomic mass is 16.2. The number of H-pyrrole nitrogens is 1. The Morgan fingerprint density at radius 3 is 2.61 bits per heavy atom. The Morgan fingerprint density at radius 1 is 0.968 bits per heavy atom. The van der Waals surface area contributed by atoms with Crippen molar-refractivity contribution in [3.8, 4) is 0 Å². The van der Waals surface area contributed by atoms with E-state index >= 15 is 0 Å². The van der Waals surface area contributed by atoms with Gasteiger partial charge in [0.2, 0.25) is 5.95 Å². The van der Waals surface area contributed by atoms with Crippen LogP contribution in [0.2, 0.25) is 0 Å². The van der Waals surface area contributed by atoms with E-state index in [2.05, 4.69) is 30.9 Å². The fourth-order valence-electron chi connectivity index (χ4n) is 3.88. The molecule has 1 aliphatic rings. The van der Waals surface area contributed by atoms with Gasteiger partial charge in [-0.1, -0.05) is 30.3 Å². The van der Waals surface area contributed by atoms with Gasteiger partial charge >= 0.3 is 0 Å². The summed E-state index contributed by atoms with van der Waals surface area (Å²) in [5, 5.41) is 11.0. The quantitative estimate of drug-likeness (QED) is 0.410. The second kappa shape index (κ2) is 8.16. The first-order valence-corrected chi connectivity index (χ1v) is 10.3. The molecule has 31 heavy (non-hydrogen) atoms. The van der Waals surface area contributed by atoms with Gasteiger partial charge in [0.1, 0.15) is 11.2 Å². The van der Waals surface area contributed by atoms with Crippen LogP contribution in [-0.4, -0.2) is 45.9 Å². The Bertz CT molecular complexity index is 1280. The van der Waals surface area contributed by atoms with E-state index < -0.39 is 0 Å². The van der Waals surface area contributed by atoms with Gasteiger partial charge in [-0.25, -0.2) is 4.98 Å². The molecule has 5 rings (SSSR count). The number of aromatic amines is 1. The van der Waals surface area contributed by atoms with Crippen LogP contribution in [0.3, 0.4) is 0 Å². The van der Waals surface area contributed by atoms with Crippen molar-refractivity contribution in [1.82, 2.24) is 25.6 Å². The first kappa shape index (κ1) is 19.2. The van der Waals surface area contributed by atoms with E-state index in [1.165, 1.54) is 0 Å². The van der Waals surface area contributed by atoms with Crippen LogP contribution in [0.4, 0.5) is 5.95 Å². The van der Waals surface area contributed by atoms with E-state index in [0.717, 1.165) is 36.7 Å². The number of hydrogen-bond donors (Lipinski definition) is 4. The second-order valence-corrected chi connectivity index (χ2v) is 7.66. The number of hydrogen-bond acceptors (Lipinski definition) is 5. The number of nitrogens with one attached hydrogen (secondary N) is 4. The van der Waals surface area contributed by atoms with E-state index in [1.807, 2.05) is 30.3 Å². The number of carbonyl (C=O) groups excluding carboxylic acids is 2. The zero-order chi connectivity index (χ0) is 21.2. The molecule has 8 nitrogen and oxygen atoms in total. The molecule has 8 heteroatoms. The number of nitrogens with zero attached hydrogens (tertiary/aromatic N) is 2. The van der Waals surface area contributed by atoms with Crippen LogP contribution in [0.25, 0.3) is 21.8 Å². The fourth-order valence-corrected chi connectivity index (χ4v) is 3.88. The summed E-state index contributed by atoms with van der Waals surface area (Å²) in [6.07, 6.45) is 3.48. The van der Waals surface area contributed by atoms with Gasteiger partial charge in [-0.15, -0.1) is 0 Å². The molecule has 0 spiro atoms. The Kier molecular flexibility index (Phi) is 5.05. The molecule has 0 radical (unpaired) electrons. The third-order valence-electron chi connectivity index (χ3n) is 5.53. The second-order valence-electron chi connectivity index (χ2n) is 7.66. The van der Waals surface area contributed by atoms with Gasteiger partial charge in [0.25, 0.3) is 11.8 Å². The monoisotopic (exact) mass is 414 g/mol. The van der Waals surface area contributed by atoms with E-state index in [1.54, 1.807) is 24.4 Å². The summed E-state index contributed by atoms with van der Waals surface area (Å²) in [6, 6.07) is 15.0. The highest BCUT2D eigenvalue weighted by Crippen LogP contribution is 2.20. The summed E-state index contributed by atoms with van der Waals surface area (Å²) in [6.45, 7) is 1.80. The first-order chi connectivity index (χ1) is 15.2. The number of fused-ring (bicyclic) bond motifs is 2. The predicted molar refractivity (Wildman–Crippen MR) is 119 cm³/mol. The third-order valence-corrected chi connectivity index (χ3v) is 5.53. The van der Waals surface area contributed by atoms with Crippen LogP contribution in [0.1, 0.15) is 33.7 Å². The molecule has 3 heterocycles. The zero-order valence-corrected chi connectivity index (χ0v) is 16.8. The average molecular weight is 414 g/mol. The first-order valence-electron chi connectivity index (χ1n) is 10.3. The lowest BCUT2D eigenvalue weighted by Crippen LogP contribution is -2.42. The lowest BCUT2D eigenvalue weighted by atomic mass is 10.1. The summed E-state index contributed by atoms with van der Waals surface area (Å²) < 4.78 is 0. The molecule has 1 aliphatic heterocycles. The molecule has 4 aromatic rings.